The topological polar surface area (TPSA) is 114 Å². The molecule has 0 saturated carbocycles. The molecule has 1 amide bonds. The number of alkyl halides is 3. The van der Waals surface area contributed by atoms with Crippen LogP contribution in [0.2, 0.25) is 0 Å². The van der Waals surface area contributed by atoms with Crippen LogP contribution in [0.1, 0.15) is 15.9 Å². The maximum Gasteiger partial charge on any atom is 0.411 e. The third-order valence-electron chi connectivity index (χ3n) is 8.45. The number of carbonyl (C=O) groups excluding carboxylic acids is 1. The minimum absolute atomic E-state index is 0.107. The molecule has 48 heavy (non-hydrogen) atoms. The zero-order chi connectivity index (χ0) is 34.3. The molecule has 1 aliphatic heterocycles. The molecule has 3 heterocycles. The SMILES string of the molecule is Cn1c(=O)c(-c2ccc(C[C@H](NC(=O)c3c(F)cc(N4CCOC[C@@H]4C(F)(F)F)cc3F)C(=O)O)c3ccccc23)cc2cnccc21. The Labute approximate surface area is 269 Å². The maximum atomic E-state index is 15.2. The highest BCUT2D eigenvalue weighted by atomic mass is 19.4. The average Bonchev–Trinajstić information content (AvgIpc) is 3.05. The Morgan fingerprint density at radius 1 is 1.04 bits per heavy atom. The summed E-state index contributed by atoms with van der Waals surface area (Å²) in [7, 11) is 1.64. The van der Waals surface area contributed by atoms with Gasteiger partial charge in [0.1, 0.15) is 29.3 Å². The Kier molecular flexibility index (Phi) is 8.60. The van der Waals surface area contributed by atoms with Gasteiger partial charge in [0.2, 0.25) is 0 Å². The Balaban J connectivity index is 1.30. The number of carboxylic acid groups (broad SMARTS) is 1. The van der Waals surface area contributed by atoms with E-state index >= 15 is 8.78 Å². The summed E-state index contributed by atoms with van der Waals surface area (Å²) in [5, 5.41) is 14.1. The number of ether oxygens (including phenoxy) is 1. The fourth-order valence-corrected chi connectivity index (χ4v) is 6.07. The molecule has 1 saturated heterocycles. The van der Waals surface area contributed by atoms with Crippen molar-refractivity contribution in [2.24, 2.45) is 7.05 Å². The largest absolute Gasteiger partial charge is 0.480 e. The number of rotatable bonds is 7. The third kappa shape index (κ3) is 6.06. The van der Waals surface area contributed by atoms with Crippen LogP contribution in [0.15, 0.2) is 77.9 Å². The number of pyridine rings is 2. The van der Waals surface area contributed by atoms with E-state index in [4.69, 9.17) is 4.74 Å². The number of hydrogen-bond acceptors (Lipinski definition) is 6. The van der Waals surface area contributed by atoms with Crippen molar-refractivity contribution in [2.45, 2.75) is 24.7 Å². The summed E-state index contributed by atoms with van der Waals surface area (Å²) in [4.78, 5) is 43.6. The van der Waals surface area contributed by atoms with Gasteiger partial charge < -0.3 is 24.6 Å². The van der Waals surface area contributed by atoms with E-state index in [9.17, 15) is 32.7 Å². The molecule has 0 aliphatic carbocycles. The molecule has 3 aromatic carbocycles. The molecule has 6 rings (SSSR count). The molecule has 0 unspecified atom stereocenters. The van der Waals surface area contributed by atoms with E-state index in [1.165, 1.54) is 4.57 Å². The number of amides is 1. The number of hydrogen-bond donors (Lipinski definition) is 2. The first-order valence-electron chi connectivity index (χ1n) is 14.7. The minimum atomic E-state index is -4.75. The summed E-state index contributed by atoms with van der Waals surface area (Å²) in [6.45, 7) is -1.14. The van der Waals surface area contributed by atoms with Gasteiger partial charge in [-0.15, -0.1) is 0 Å². The Bertz CT molecular complexity index is 2110. The number of benzene rings is 3. The number of anilines is 1. The lowest BCUT2D eigenvalue weighted by Gasteiger charge is -2.38. The molecular formula is C34H27F5N4O5. The van der Waals surface area contributed by atoms with Crippen LogP contribution in [-0.2, 0) is 23.0 Å². The van der Waals surface area contributed by atoms with Gasteiger partial charge in [0.25, 0.3) is 11.5 Å². The van der Waals surface area contributed by atoms with E-state index in [-0.39, 0.29) is 25.1 Å². The fourth-order valence-electron chi connectivity index (χ4n) is 6.07. The van der Waals surface area contributed by atoms with E-state index in [0.29, 0.717) is 45.1 Å². The van der Waals surface area contributed by atoms with Gasteiger partial charge in [0.05, 0.1) is 18.7 Å². The monoisotopic (exact) mass is 666 g/mol. The van der Waals surface area contributed by atoms with Crippen molar-refractivity contribution in [3.63, 3.8) is 0 Å². The lowest BCUT2D eigenvalue weighted by Crippen LogP contribution is -2.53. The van der Waals surface area contributed by atoms with Crippen molar-refractivity contribution in [1.82, 2.24) is 14.9 Å². The highest BCUT2D eigenvalue weighted by Crippen LogP contribution is 2.34. The number of halogens is 5. The number of morpholine rings is 1. The van der Waals surface area contributed by atoms with E-state index < -0.39 is 59.6 Å². The van der Waals surface area contributed by atoms with Gasteiger partial charge in [-0.3, -0.25) is 14.6 Å². The second kappa shape index (κ2) is 12.7. The number of carboxylic acids is 1. The van der Waals surface area contributed by atoms with E-state index in [0.717, 1.165) is 10.3 Å². The number of nitrogens with one attached hydrogen (secondary N) is 1. The summed E-state index contributed by atoms with van der Waals surface area (Å²) in [5.74, 6) is -5.80. The minimum Gasteiger partial charge on any atom is -0.480 e. The lowest BCUT2D eigenvalue weighted by molar-refractivity contribution is -0.167. The molecule has 5 aromatic rings. The predicted molar refractivity (Wildman–Crippen MR) is 167 cm³/mol. The molecular weight excluding hydrogens is 639 g/mol. The summed E-state index contributed by atoms with van der Waals surface area (Å²) >= 11 is 0. The molecule has 0 spiro atoms. The fraction of sp³-hybridized carbons (Fsp3) is 0.235. The van der Waals surface area contributed by atoms with Crippen LogP contribution in [0.4, 0.5) is 27.6 Å². The summed E-state index contributed by atoms with van der Waals surface area (Å²) in [6, 6.07) is 11.1. The number of nitrogens with zero attached hydrogens (tertiary/aromatic N) is 3. The first-order chi connectivity index (χ1) is 22.8. The highest BCUT2D eigenvalue weighted by Gasteiger charge is 2.46. The van der Waals surface area contributed by atoms with E-state index in [1.807, 2.05) is 0 Å². The number of aromatic nitrogens is 2. The van der Waals surface area contributed by atoms with Gasteiger partial charge >= 0.3 is 12.1 Å². The standard InChI is InChI=1S/C34H27F5N4O5/c1-42-28-8-9-40-16-19(28)12-24(32(42)45)23-7-6-18(21-4-2-3-5-22(21)23)13-27(33(46)47)41-31(44)30-25(35)14-20(15-26(30)36)43-10-11-48-17-29(43)34(37,38)39/h2-9,12,14-16,27,29H,10-11,13,17H2,1H3,(H,41,44)(H,46,47)/t27-,29+/m0/s1. The Morgan fingerprint density at radius 3 is 2.44 bits per heavy atom. The zero-order valence-electron chi connectivity index (χ0n) is 25.2. The van der Waals surface area contributed by atoms with Crippen molar-refractivity contribution < 1.29 is 41.4 Å². The van der Waals surface area contributed by atoms with Crippen LogP contribution >= 0.6 is 0 Å². The summed E-state index contributed by atoms with van der Waals surface area (Å²) in [6.07, 6.45) is -1.83. The number of fused-ring (bicyclic) bond motifs is 2. The first-order valence-corrected chi connectivity index (χ1v) is 14.7. The smallest absolute Gasteiger partial charge is 0.411 e. The first kappa shape index (κ1) is 32.6. The van der Waals surface area contributed by atoms with Crippen molar-refractivity contribution in [2.75, 3.05) is 24.7 Å². The van der Waals surface area contributed by atoms with Crippen molar-refractivity contribution in [1.29, 1.82) is 0 Å². The van der Waals surface area contributed by atoms with Gasteiger partial charge in [-0.05, 0) is 46.2 Å². The van der Waals surface area contributed by atoms with Gasteiger partial charge in [-0.1, -0.05) is 36.4 Å². The number of aryl methyl sites for hydroxylation is 1. The van der Waals surface area contributed by atoms with Crippen LogP contribution in [0.25, 0.3) is 32.8 Å². The molecule has 2 atom stereocenters. The van der Waals surface area contributed by atoms with Gasteiger partial charge in [0.15, 0.2) is 0 Å². The summed E-state index contributed by atoms with van der Waals surface area (Å²) in [5.41, 5.74) is 0.275. The Hall–Kier alpha value is -5.37. The summed E-state index contributed by atoms with van der Waals surface area (Å²) < 4.78 is 77.3. The normalized spacial score (nSPS) is 15.9. The van der Waals surface area contributed by atoms with Crippen molar-refractivity contribution >= 4 is 39.2 Å². The molecule has 14 heteroatoms. The van der Waals surface area contributed by atoms with Crippen LogP contribution < -0.4 is 15.8 Å². The lowest BCUT2D eigenvalue weighted by atomic mass is 9.92. The zero-order valence-corrected chi connectivity index (χ0v) is 25.2. The predicted octanol–water partition coefficient (Wildman–Crippen LogP) is 5.23. The molecule has 1 aliphatic rings. The van der Waals surface area contributed by atoms with Gasteiger partial charge in [-0.25, -0.2) is 13.6 Å². The molecule has 9 nitrogen and oxygen atoms in total. The average molecular weight is 667 g/mol. The molecule has 0 radical (unpaired) electrons. The molecule has 1 fully saturated rings. The van der Waals surface area contributed by atoms with Crippen molar-refractivity contribution in [3.05, 3.63) is 106 Å². The molecule has 2 aromatic heterocycles. The highest BCUT2D eigenvalue weighted by molar-refractivity contribution is 6.01. The van der Waals surface area contributed by atoms with E-state index in [2.05, 4.69) is 10.3 Å². The molecule has 248 valence electrons. The quantitative estimate of drug-likeness (QED) is 0.229. The third-order valence-corrected chi connectivity index (χ3v) is 8.45. The van der Waals surface area contributed by atoms with Crippen molar-refractivity contribution in [3.8, 4) is 11.1 Å². The van der Waals surface area contributed by atoms with Gasteiger partial charge in [-0.2, -0.15) is 13.2 Å². The second-order valence-corrected chi connectivity index (χ2v) is 11.4. The van der Waals surface area contributed by atoms with Crippen LogP contribution in [0.3, 0.4) is 0 Å². The second-order valence-electron chi connectivity index (χ2n) is 11.4. The van der Waals surface area contributed by atoms with E-state index in [1.54, 1.807) is 68.0 Å². The van der Waals surface area contributed by atoms with Crippen LogP contribution in [0.5, 0.6) is 0 Å². The molecule has 2 N–H and O–H groups in total. The Morgan fingerprint density at radius 2 is 1.75 bits per heavy atom. The van der Waals surface area contributed by atoms with Crippen LogP contribution in [-0.4, -0.2) is 64.6 Å². The maximum absolute atomic E-state index is 15.2. The molecule has 0 bridgehead atoms. The number of aliphatic carboxylic acids is 1. The van der Waals surface area contributed by atoms with Gasteiger partial charge in [0, 0.05) is 49.0 Å². The number of carbonyl (C=O) groups is 2. The van der Waals surface area contributed by atoms with Crippen LogP contribution in [0, 0.1) is 11.6 Å².